The second kappa shape index (κ2) is 6.35. The van der Waals surface area contributed by atoms with Gasteiger partial charge in [0.05, 0.1) is 22.3 Å². The normalized spacial score (nSPS) is 10.5. The first-order valence-electron chi connectivity index (χ1n) is 6.08. The number of nitrogens with one attached hydrogen (secondary N) is 1. The number of hydrogen-bond acceptors (Lipinski definition) is 6. The minimum atomic E-state index is -0.715. The van der Waals surface area contributed by atoms with E-state index in [-0.39, 0.29) is 22.6 Å². The number of amides is 1. The van der Waals surface area contributed by atoms with E-state index >= 15 is 0 Å². The summed E-state index contributed by atoms with van der Waals surface area (Å²) in [4.78, 5) is 22.0. The van der Waals surface area contributed by atoms with E-state index in [0.29, 0.717) is 0 Å². The van der Waals surface area contributed by atoms with Crippen molar-refractivity contribution in [1.82, 2.24) is 5.43 Å². The maximum absolute atomic E-state index is 11.8. The smallest absolute Gasteiger partial charge is 0.278 e. The Balaban J connectivity index is 2.13. The van der Waals surface area contributed by atoms with Gasteiger partial charge in [0, 0.05) is 12.1 Å². The van der Waals surface area contributed by atoms with Crippen LogP contribution in [0.3, 0.4) is 0 Å². The van der Waals surface area contributed by atoms with Crippen LogP contribution >= 0.6 is 0 Å². The van der Waals surface area contributed by atoms with Crippen LogP contribution in [0.5, 0.6) is 11.5 Å². The van der Waals surface area contributed by atoms with Gasteiger partial charge >= 0.3 is 0 Å². The summed E-state index contributed by atoms with van der Waals surface area (Å²) in [6.07, 6.45) is 1.13. The summed E-state index contributed by atoms with van der Waals surface area (Å²) in [5.74, 6) is -1.30. The molecule has 22 heavy (non-hydrogen) atoms. The predicted octanol–water partition coefficient (Wildman–Crippen LogP) is 1.77. The molecule has 0 fully saturated rings. The van der Waals surface area contributed by atoms with Crippen LogP contribution < -0.4 is 5.43 Å². The van der Waals surface area contributed by atoms with E-state index < -0.39 is 16.6 Å². The van der Waals surface area contributed by atoms with Gasteiger partial charge in [-0.1, -0.05) is 12.1 Å². The molecule has 112 valence electrons. The molecule has 0 saturated heterocycles. The highest BCUT2D eigenvalue weighted by Gasteiger charge is 2.12. The Labute approximate surface area is 124 Å². The van der Waals surface area contributed by atoms with Crippen LogP contribution in [0, 0.1) is 10.1 Å². The van der Waals surface area contributed by atoms with E-state index in [2.05, 4.69) is 10.5 Å². The molecule has 0 aliphatic carbocycles. The molecule has 0 bridgehead atoms. The number of para-hydroxylation sites is 1. The second-order valence-corrected chi connectivity index (χ2v) is 4.22. The van der Waals surface area contributed by atoms with Crippen LogP contribution in [0.4, 0.5) is 5.69 Å². The Bertz CT molecular complexity index is 758. The van der Waals surface area contributed by atoms with Gasteiger partial charge in [-0.3, -0.25) is 14.9 Å². The fourth-order valence-electron chi connectivity index (χ4n) is 1.70. The van der Waals surface area contributed by atoms with Crippen molar-refractivity contribution in [3.8, 4) is 11.5 Å². The van der Waals surface area contributed by atoms with E-state index in [9.17, 15) is 20.0 Å². The minimum Gasteiger partial charge on any atom is -0.508 e. The number of nitrogens with zero attached hydrogens (tertiary/aromatic N) is 2. The Kier molecular flexibility index (Phi) is 4.33. The van der Waals surface area contributed by atoms with Gasteiger partial charge in [0.15, 0.2) is 0 Å². The standard InChI is InChI=1S/C14H11N3O5/c18-10-5-6-11(13(19)7-10)14(20)16-15-8-9-3-1-2-4-12(9)17(21)22/h1-8,18-19H,(H,16,20)/b15-8+. The fraction of sp³-hybridized carbons (Fsp3) is 0. The van der Waals surface area contributed by atoms with E-state index in [1.54, 1.807) is 6.07 Å². The summed E-state index contributed by atoms with van der Waals surface area (Å²) in [5.41, 5.74) is 2.13. The van der Waals surface area contributed by atoms with Gasteiger partial charge in [0.25, 0.3) is 11.6 Å². The Hall–Kier alpha value is -3.42. The summed E-state index contributed by atoms with van der Waals surface area (Å²) in [5, 5.41) is 33.1. The molecular weight excluding hydrogens is 290 g/mol. The molecule has 1 amide bonds. The molecule has 2 aromatic carbocycles. The van der Waals surface area contributed by atoms with Crippen molar-refractivity contribution in [1.29, 1.82) is 0 Å². The zero-order valence-electron chi connectivity index (χ0n) is 11.1. The van der Waals surface area contributed by atoms with Gasteiger partial charge in [0.1, 0.15) is 11.5 Å². The molecule has 0 aliphatic rings. The lowest BCUT2D eigenvalue weighted by atomic mass is 10.2. The van der Waals surface area contributed by atoms with Crippen molar-refractivity contribution in [2.75, 3.05) is 0 Å². The number of hydrogen-bond donors (Lipinski definition) is 3. The molecule has 0 saturated carbocycles. The SMILES string of the molecule is O=C(N/N=C/c1ccccc1[N+](=O)[O-])c1ccc(O)cc1O. The molecule has 0 atom stereocenters. The lowest BCUT2D eigenvalue weighted by Gasteiger charge is -2.03. The topological polar surface area (TPSA) is 125 Å². The van der Waals surface area contributed by atoms with Crippen LogP contribution in [0.25, 0.3) is 0 Å². The molecule has 2 aromatic rings. The highest BCUT2D eigenvalue weighted by molar-refractivity contribution is 5.97. The van der Waals surface area contributed by atoms with E-state index in [1.807, 2.05) is 0 Å². The fourth-order valence-corrected chi connectivity index (χ4v) is 1.70. The maximum Gasteiger partial charge on any atom is 0.278 e. The molecule has 0 unspecified atom stereocenters. The van der Waals surface area contributed by atoms with Gasteiger partial charge < -0.3 is 10.2 Å². The molecule has 8 heteroatoms. The van der Waals surface area contributed by atoms with E-state index in [0.717, 1.165) is 12.3 Å². The molecule has 3 N–H and O–H groups in total. The van der Waals surface area contributed by atoms with Gasteiger partial charge in [0.2, 0.25) is 0 Å². The number of aromatic hydroxyl groups is 2. The summed E-state index contributed by atoms with van der Waals surface area (Å²) in [6, 6.07) is 9.38. The number of phenols is 2. The van der Waals surface area contributed by atoms with Crippen LogP contribution in [-0.4, -0.2) is 27.3 Å². The second-order valence-electron chi connectivity index (χ2n) is 4.22. The predicted molar refractivity (Wildman–Crippen MR) is 77.9 cm³/mol. The monoisotopic (exact) mass is 301 g/mol. The highest BCUT2D eigenvalue weighted by Crippen LogP contribution is 2.22. The molecule has 8 nitrogen and oxygen atoms in total. The number of carbonyl (C=O) groups excluding carboxylic acids is 1. The lowest BCUT2D eigenvalue weighted by Crippen LogP contribution is -2.17. The minimum absolute atomic E-state index is 0.0856. The quantitative estimate of drug-likeness (QED) is 0.451. The first-order valence-corrected chi connectivity index (χ1v) is 6.08. The van der Waals surface area contributed by atoms with Crippen molar-refractivity contribution in [2.24, 2.45) is 5.10 Å². The third-order valence-corrected chi connectivity index (χ3v) is 2.73. The molecular formula is C14H11N3O5. The average Bonchev–Trinajstić information content (AvgIpc) is 2.47. The zero-order valence-corrected chi connectivity index (χ0v) is 11.1. The van der Waals surface area contributed by atoms with Crippen molar-refractivity contribution in [3.63, 3.8) is 0 Å². The van der Waals surface area contributed by atoms with Crippen LogP contribution in [0.15, 0.2) is 47.6 Å². The molecule has 0 aromatic heterocycles. The third kappa shape index (κ3) is 3.37. The van der Waals surface area contributed by atoms with Crippen molar-refractivity contribution in [3.05, 3.63) is 63.7 Å². The lowest BCUT2D eigenvalue weighted by molar-refractivity contribution is -0.385. The third-order valence-electron chi connectivity index (χ3n) is 2.73. The highest BCUT2D eigenvalue weighted by atomic mass is 16.6. The zero-order chi connectivity index (χ0) is 16.1. The number of carbonyl (C=O) groups is 1. The van der Waals surface area contributed by atoms with Crippen molar-refractivity contribution in [2.45, 2.75) is 0 Å². The van der Waals surface area contributed by atoms with Crippen molar-refractivity contribution < 1.29 is 19.9 Å². The van der Waals surface area contributed by atoms with E-state index in [4.69, 9.17) is 5.11 Å². The van der Waals surface area contributed by atoms with Gasteiger partial charge in [-0.05, 0) is 18.2 Å². The molecule has 0 heterocycles. The maximum atomic E-state index is 11.8. The molecule has 0 aliphatic heterocycles. The Morgan fingerprint density at radius 3 is 2.64 bits per heavy atom. The van der Waals surface area contributed by atoms with Gasteiger partial charge in [-0.2, -0.15) is 5.10 Å². The number of nitro groups is 1. The van der Waals surface area contributed by atoms with Gasteiger partial charge in [-0.25, -0.2) is 5.43 Å². The van der Waals surface area contributed by atoms with Crippen LogP contribution in [0.1, 0.15) is 15.9 Å². The van der Waals surface area contributed by atoms with Crippen molar-refractivity contribution >= 4 is 17.8 Å². The first-order chi connectivity index (χ1) is 10.5. The Morgan fingerprint density at radius 1 is 1.23 bits per heavy atom. The average molecular weight is 301 g/mol. The summed E-state index contributed by atoms with van der Waals surface area (Å²) >= 11 is 0. The number of hydrazone groups is 1. The van der Waals surface area contributed by atoms with Crippen LogP contribution in [-0.2, 0) is 0 Å². The largest absolute Gasteiger partial charge is 0.508 e. The Morgan fingerprint density at radius 2 is 1.95 bits per heavy atom. The summed E-state index contributed by atoms with van der Waals surface area (Å²) in [7, 11) is 0. The summed E-state index contributed by atoms with van der Waals surface area (Å²) < 4.78 is 0. The van der Waals surface area contributed by atoms with Gasteiger partial charge in [-0.15, -0.1) is 0 Å². The summed E-state index contributed by atoms with van der Waals surface area (Å²) in [6.45, 7) is 0. The first kappa shape index (κ1) is 15.0. The van der Waals surface area contributed by atoms with Crippen LogP contribution in [0.2, 0.25) is 0 Å². The molecule has 2 rings (SSSR count). The van der Waals surface area contributed by atoms with E-state index in [1.165, 1.54) is 30.3 Å². The number of rotatable bonds is 4. The number of nitro benzene ring substituents is 1. The number of benzene rings is 2. The molecule has 0 radical (unpaired) electrons. The number of phenolic OH excluding ortho intramolecular Hbond substituents is 2. The molecule has 0 spiro atoms.